The van der Waals surface area contributed by atoms with Crippen LogP contribution in [0.3, 0.4) is 0 Å². The van der Waals surface area contributed by atoms with E-state index in [0.29, 0.717) is 14.8 Å². The summed E-state index contributed by atoms with van der Waals surface area (Å²) >= 11 is 6.91. The number of halogens is 1. The van der Waals surface area contributed by atoms with Crippen molar-refractivity contribution in [1.82, 2.24) is 0 Å². The summed E-state index contributed by atoms with van der Waals surface area (Å²) < 4.78 is 0.530. The molecule has 0 unspecified atom stereocenters. The Morgan fingerprint density at radius 2 is 2.00 bits per heavy atom. The summed E-state index contributed by atoms with van der Waals surface area (Å²) in [6, 6.07) is 9.50. The zero-order chi connectivity index (χ0) is 13.8. The van der Waals surface area contributed by atoms with Crippen molar-refractivity contribution in [2.75, 3.05) is 0 Å². The van der Waals surface area contributed by atoms with Gasteiger partial charge < -0.3 is 0 Å². The summed E-state index contributed by atoms with van der Waals surface area (Å²) in [7, 11) is 0. The second-order valence-corrected chi connectivity index (χ2v) is 5.33. The normalized spacial score (nSPS) is 10.8. The lowest BCUT2D eigenvalue weighted by molar-refractivity contribution is -0.385. The van der Waals surface area contributed by atoms with Gasteiger partial charge in [-0.1, -0.05) is 23.7 Å². The van der Waals surface area contributed by atoms with Crippen molar-refractivity contribution in [2.45, 2.75) is 0 Å². The van der Waals surface area contributed by atoms with E-state index in [1.807, 2.05) is 0 Å². The number of thiophene rings is 1. The van der Waals surface area contributed by atoms with E-state index >= 15 is 0 Å². The quantitative estimate of drug-likeness (QED) is 0.367. The number of hydrogen-bond donors (Lipinski definition) is 0. The molecule has 19 heavy (non-hydrogen) atoms. The van der Waals surface area contributed by atoms with Gasteiger partial charge in [0.1, 0.15) is 0 Å². The van der Waals surface area contributed by atoms with Crippen molar-refractivity contribution in [2.24, 2.45) is 0 Å². The average molecular weight is 294 g/mol. The van der Waals surface area contributed by atoms with Crippen LogP contribution in [0, 0.1) is 10.1 Å². The molecule has 0 aliphatic rings. The van der Waals surface area contributed by atoms with Gasteiger partial charge in [0, 0.05) is 6.07 Å². The van der Waals surface area contributed by atoms with Gasteiger partial charge in [0.25, 0.3) is 5.69 Å². The van der Waals surface area contributed by atoms with Crippen LogP contribution >= 0.6 is 22.9 Å². The Balaban J connectivity index is 2.24. The highest BCUT2D eigenvalue weighted by molar-refractivity contribution is 7.18. The summed E-state index contributed by atoms with van der Waals surface area (Å²) in [5, 5.41) is 10.8. The Hall–Kier alpha value is -1.98. The van der Waals surface area contributed by atoms with Gasteiger partial charge in [0.05, 0.1) is 19.7 Å². The third kappa shape index (κ3) is 3.27. The molecule has 0 saturated heterocycles. The number of rotatable bonds is 4. The molecule has 1 aromatic heterocycles. The molecule has 1 aromatic carbocycles. The molecule has 0 aliphatic heterocycles. The van der Waals surface area contributed by atoms with Gasteiger partial charge in [0.2, 0.25) is 0 Å². The number of carbonyl (C=O) groups excluding carboxylic acids is 1. The maximum atomic E-state index is 11.8. The van der Waals surface area contributed by atoms with Gasteiger partial charge in [-0.05, 0) is 30.4 Å². The summed E-state index contributed by atoms with van der Waals surface area (Å²) in [5.74, 6) is -0.227. The highest BCUT2D eigenvalue weighted by atomic mass is 35.5. The minimum absolute atomic E-state index is 0.0317. The van der Waals surface area contributed by atoms with Gasteiger partial charge >= 0.3 is 0 Å². The molecule has 4 nitrogen and oxygen atoms in total. The second kappa shape index (κ2) is 5.77. The number of ketones is 1. The zero-order valence-corrected chi connectivity index (χ0v) is 11.1. The van der Waals surface area contributed by atoms with Crippen LogP contribution in [0.15, 0.2) is 42.5 Å². The van der Waals surface area contributed by atoms with Gasteiger partial charge in [-0.25, -0.2) is 0 Å². The molecule has 1 heterocycles. The van der Waals surface area contributed by atoms with Crippen molar-refractivity contribution >= 4 is 40.5 Å². The lowest BCUT2D eigenvalue weighted by Crippen LogP contribution is -1.92. The third-order valence-electron chi connectivity index (χ3n) is 2.36. The lowest BCUT2D eigenvalue weighted by Gasteiger charge is -1.95. The summed E-state index contributed by atoms with van der Waals surface area (Å²) in [6.07, 6.45) is 2.75. The van der Waals surface area contributed by atoms with Crippen molar-refractivity contribution < 1.29 is 9.72 Å². The fraction of sp³-hybridized carbons (Fsp3) is 0. The standard InChI is InChI=1S/C13H8ClNO3S/c14-13-8-7-12(19-13)11(16)6-5-9-3-1-2-4-10(9)15(17)18/h1-8H. The number of para-hydroxylation sites is 1. The predicted octanol–water partition coefficient (Wildman–Crippen LogP) is 4.21. The maximum Gasteiger partial charge on any atom is 0.276 e. The first-order valence-corrected chi connectivity index (χ1v) is 6.48. The Bertz CT molecular complexity index is 663. The first-order chi connectivity index (χ1) is 9.08. The molecule has 0 saturated carbocycles. The number of allylic oxidation sites excluding steroid dienone is 1. The molecular formula is C13H8ClNO3S. The van der Waals surface area contributed by atoms with E-state index in [2.05, 4.69) is 0 Å². The molecule has 96 valence electrons. The Kier molecular flexibility index (Phi) is 4.09. The number of nitrogens with zero attached hydrogens (tertiary/aromatic N) is 1. The molecule has 0 aliphatic carbocycles. The maximum absolute atomic E-state index is 11.8. The van der Waals surface area contributed by atoms with Crippen molar-refractivity contribution in [3.63, 3.8) is 0 Å². The molecule has 0 atom stereocenters. The Labute approximate surface area is 118 Å². The largest absolute Gasteiger partial charge is 0.288 e. The smallest absolute Gasteiger partial charge is 0.276 e. The number of benzene rings is 1. The van der Waals surface area contributed by atoms with E-state index in [9.17, 15) is 14.9 Å². The molecule has 0 amide bonds. The van der Waals surface area contributed by atoms with E-state index in [1.54, 1.807) is 30.3 Å². The molecule has 0 spiro atoms. The average Bonchev–Trinajstić information content (AvgIpc) is 2.83. The van der Waals surface area contributed by atoms with Crippen LogP contribution in [0.1, 0.15) is 15.2 Å². The minimum atomic E-state index is -0.480. The fourth-order valence-corrected chi connectivity index (χ4v) is 2.45. The first kappa shape index (κ1) is 13.5. The van der Waals surface area contributed by atoms with Crippen LogP contribution in [0.5, 0.6) is 0 Å². The van der Waals surface area contributed by atoms with Crippen LogP contribution in [-0.4, -0.2) is 10.7 Å². The number of carbonyl (C=O) groups is 1. The van der Waals surface area contributed by atoms with E-state index in [0.717, 1.165) is 0 Å². The number of nitro groups is 1. The van der Waals surface area contributed by atoms with Crippen LogP contribution < -0.4 is 0 Å². The van der Waals surface area contributed by atoms with E-state index in [1.165, 1.54) is 29.6 Å². The van der Waals surface area contributed by atoms with Gasteiger partial charge in [-0.15, -0.1) is 11.3 Å². The topological polar surface area (TPSA) is 60.2 Å². The Morgan fingerprint density at radius 1 is 1.26 bits per heavy atom. The van der Waals surface area contributed by atoms with Gasteiger partial charge in [0.15, 0.2) is 5.78 Å². The van der Waals surface area contributed by atoms with Crippen LogP contribution in [0.2, 0.25) is 4.34 Å². The highest BCUT2D eigenvalue weighted by Crippen LogP contribution is 2.23. The SMILES string of the molecule is O=C(C=Cc1ccccc1[N+](=O)[O-])c1ccc(Cl)s1. The van der Waals surface area contributed by atoms with Crippen molar-refractivity contribution in [3.05, 3.63) is 67.4 Å². The Morgan fingerprint density at radius 3 is 2.63 bits per heavy atom. The number of nitro benzene ring substituents is 1. The summed E-state index contributed by atoms with van der Waals surface area (Å²) in [5.41, 5.74) is 0.360. The third-order valence-corrected chi connectivity index (χ3v) is 3.61. The van der Waals surface area contributed by atoms with E-state index in [4.69, 9.17) is 11.6 Å². The van der Waals surface area contributed by atoms with Gasteiger partial charge in [-0.3, -0.25) is 14.9 Å². The van der Waals surface area contributed by atoms with Gasteiger partial charge in [-0.2, -0.15) is 0 Å². The lowest BCUT2D eigenvalue weighted by atomic mass is 10.1. The molecular weight excluding hydrogens is 286 g/mol. The molecule has 0 bridgehead atoms. The second-order valence-electron chi connectivity index (χ2n) is 3.62. The number of hydrogen-bond acceptors (Lipinski definition) is 4. The molecule has 0 N–H and O–H groups in total. The fourth-order valence-electron chi connectivity index (χ4n) is 1.49. The monoisotopic (exact) mass is 293 g/mol. The summed E-state index contributed by atoms with van der Waals surface area (Å²) in [4.78, 5) is 22.6. The van der Waals surface area contributed by atoms with Crippen molar-refractivity contribution in [3.8, 4) is 0 Å². The minimum Gasteiger partial charge on any atom is -0.288 e. The van der Waals surface area contributed by atoms with Crippen LogP contribution in [0.25, 0.3) is 6.08 Å². The van der Waals surface area contributed by atoms with Crippen LogP contribution in [0.4, 0.5) is 5.69 Å². The predicted molar refractivity (Wildman–Crippen MR) is 75.8 cm³/mol. The van der Waals surface area contributed by atoms with E-state index < -0.39 is 4.92 Å². The first-order valence-electron chi connectivity index (χ1n) is 5.29. The molecule has 2 aromatic rings. The van der Waals surface area contributed by atoms with Crippen LogP contribution in [-0.2, 0) is 0 Å². The molecule has 6 heteroatoms. The molecule has 2 rings (SSSR count). The van der Waals surface area contributed by atoms with Crippen molar-refractivity contribution in [1.29, 1.82) is 0 Å². The summed E-state index contributed by atoms with van der Waals surface area (Å²) in [6.45, 7) is 0. The molecule has 0 radical (unpaired) electrons. The zero-order valence-electron chi connectivity index (χ0n) is 9.58. The van der Waals surface area contributed by atoms with E-state index in [-0.39, 0.29) is 11.5 Å². The highest BCUT2D eigenvalue weighted by Gasteiger charge is 2.10. The molecule has 0 fully saturated rings.